The maximum Gasteiger partial charge on any atom is 0.408 e. The van der Waals surface area contributed by atoms with Crippen LogP contribution >= 0.6 is 11.8 Å². The normalized spacial score (nSPS) is 16.7. The van der Waals surface area contributed by atoms with E-state index in [1.807, 2.05) is 50.2 Å². The summed E-state index contributed by atoms with van der Waals surface area (Å²) >= 11 is 1.43. The van der Waals surface area contributed by atoms with Crippen molar-refractivity contribution in [3.8, 4) is 0 Å². The third-order valence-corrected chi connectivity index (χ3v) is 7.91. The van der Waals surface area contributed by atoms with Gasteiger partial charge in [0.05, 0.1) is 12.0 Å². The second-order valence-electron chi connectivity index (χ2n) is 10.5. The molecule has 0 aliphatic carbocycles. The molecule has 0 spiro atoms. The number of carbonyl (C=O) groups excluding carboxylic acids is 5. The fourth-order valence-electron chi connectivity index (χ4n) is 4.37. The highest BCUT2D eigenvalue weighted by Crippen LogP contribution is 2.23. The van der Waals surface area contributed by atoms with Crippen LogP contribution in [0.4, 0.5) is 4.79 Å². The van der Waals surface area contributed by atoms with Crippen LogP contribution in [0.25, 0.3) is 0 Å². The Morgan fingerprint density at radius 1 is 0.952 bits per heavy atom. The first-order valence-electron chi connectivity index (χ1n) is 14.0. The van der Waals surface area contributed by atoms with E-state index < -0.39 is 48.0 Å². The summed E-state index contributed by atoms with van der Waals surface area (Å²) in [6, 6.07) is 17.2. The van der Waals surface area contributed by atoms with E-state index in [0.29, 0.717) is 17.7 Å². The van der Waals surface area contributed by atoms with Crippen molar-refractivity contribution in [2.24, 2.45) is 11.8 Å². The number of Topliss-reactive ketones (excluding diaryl/α,β-unsaturated/α-hetero) is 1. The van der Waals surface area contributed by atoms with E-state index in [4.69, 9.17) is 9.47 Å². The van der Waals surface area contributed by atoms with Crippen LogP contribution in [0.5, 0.6) is 0 Å². The molecule has 1 aliphatic rings. The Balaban J connectivity index is 1.72. The number of nitrogens with one attached hydrogen (secondary N) is 2. The van der Waals surface area contributed by atoms with Gasteiger partial charge in [0, 0.05) is 5.75 Å². The Hall–Kier alpha value is -3.86. The van der Waals surface area contributed by atoms with Crippen molar-refractivity contribution in [1.82, 2.24) is 15.5 Å². The summed E-state index contributed by atoms with van der Waals surface area (Å²) in [6.07, 6.45) is -1.38. The predicted octanol–water partition coefficient (Wildman–Crippen LogP) is 3.68. The van der Waals surface area contributed by atoms with E-state index in [9.17, 15) is 24.0 Å². The van der Waals surface area contributed by atoms with Crippen LogP contribution in [0.15, 0.2) is 60.7 Å². The summed E-state index contributed by atoms with van der Waals surface area (Å²) in [5.41, 5.74) is 1.52. The fraction of sp³-hybridized carbons (Fsp3) is 0.452. The Kier molecular flexibility index (Phi) is 12.4. The molecule has 11 heteroatoms. The molecule has 1 saturated heterocycles. The molecule has 1 aliphatic heterocycles. The van der Waals surface area contributed by atoms with Crippen LogP contribution in [0.2, 0.25) is 0 Å². The van der Waals surface area contributed by atoms with Gasteiger partial charge in [-0.05, 0) is 37.3 Å². The summed E-state index contributed by atoms with van der Waals surface area (Å²) in [7, 11) is 0. The number of alkyl carbamates (subject to hydrolysis) is 1. The summed E-state index contributed by atoms with van der Waals surface area (Å²) in [4.78, 5) is 66.9. The smallest absolute Gasteiger partial charge is 0.408 e. The third-order valence-electron chi connectivity index (χ3n) is 6.90. The standard InChI is InChI=1S/C31H39N3O7S/c1-5-21(4)26(33-31(39)40-17-23-14-10-7-11-15-23)29(37)34-19-42-18-25(34)32-28(36)24(16-22-12-8-6-9-13-22)27(35)30(38)41-20(2)3/h6-15,20-21,24-26H,5,16-19H2,1-4H3,(H,32,36)(H,33,39)/t21-,24-,25+,26-/m0/s1. The topological polar surface area (TPSA) is 131 Å². The van der Waals surface area contributed by atoms with Gasteiger partial charge in [-0.1, -0.05) is 80.9 Å². The molecule has 2 aromatic rings. The summed E-state index contributed by atoms with van der Waals surface area (Å²) < 4.78 is 10.4. The average Bonchev–Trinajstić information content (AvgIpc) is 3.45. The molecule has 2 aromatic carbocycles. The number of hydrogen-bond acceptors (Lipinski definition) is 8. The molecule has 226 valence electrons. The van der Waals surface area contributed by atoms with Gasteiger partial charge in [-0.25, -0.2) is 9.59 Å². The number of nitrogens with zero attached hydrogens (tertiary/aromatic N) is 1. The minimum Gasteiger partial charge on any atom is -0.457 e. The zero-order valence-corrected chi connectivity index (χ0v) is 25.2. The van der Waals surface area contributed by atoms with Gasteiger partial charge in [0.1, 0.15) is 24.7 Å². The zero-order chi connectivity index (χ0) is 30.6. The van der Waals surface area contributed by atoms with Gasteiger partial charge in [-0.2, -0.15) is 0 Å². The van der Waals surface area contributed by atoms with Gasteiger partial charge < -0.3 is 25.0 Å². The molecule has 0 saturated carbocycles. The van der Waals surface area contributed by atoms with E-state index in [0.717, 1.165) is 5.56 Å². The predicted molar refractivity (Wildman–Crippen MR) is 159 cm³/mol. The number of esters is 1. The lowest BCUT2D eigenvalue weighted by Crippen LogP contribution is -2.57. The highest BCUT2D eigenvalue weighted by molar-refractivity contribution is 7.99. The molecule has 2 N–H and O–H groups in total. The number of thioether (sulfide) groups is 1. The molecule has 0 radical (unpaired) electrons. The van der Waals surface area contributed by atoms with Crippen LogP contribution < -0.4 is 10.6 Å². The zero-order valence-electron chi connectivity index (χ0n) is 24.4. The first kappa shape index (κ1) is 32.7. The lowest BCUT2D eigenvalue weighted by molar-refractivity contribution is -0.160. The van der Waals surface area contributed by atoms with Crippen molar-refractivity contribution in [3.05, 3.63) is 71.8 Å². The monoisotopic (exact) mass is 597 g/mol. The van der Waals surface area contributed by atoms with E-state index in [1.54, 1.807) is 38.1 Å². The van der Waals surface area contributed by atoms with Crippen molar-refractivity contribution in [1.29, 1.82) is 0 Å². The minimum atomic E-state index is -1.34. The molecule has 42 heavy (non-hydrogen) atoms. The van der Waals surface area contributed by atoms with Crippen LogP contribution in [-0.4, -0.2) is 64.5 Å². The fourth-order valence-corrected chi connectivity index (χ4v) is 5.46. The lowest BCUT2D eigenvalue weighted by atomic mass is 9.94. The lowest BCUT2D eigenvalue weighted by Gasteiger charge is -2.32. The number of amides is 3. The quantitative estimate of drug-likeness (QED) is 0.203. The molecule has 10 nitrogen and oxygen atoms in total. The maximum absolute atomic E-state index is 13.7. The van der Waals surface area contributed by atoms with Gasteiger partial charge in [0.25, 0.3) is 5.78 Å². The average molecular weight is 598 g/mol. The molecule has 1 heterocycles. The van der Waals surface area contributed by atoms with Crippen LogP contribution in [0.3, 0.4) is 0 Å². The second-order valence-corrected chi connectivity index (χ2v) is 11.5. The molecule has 4 atom stereocenters. The minimum absolute atomic E-state index is 0.00316. The van der Waals surface area contributed by atoms with Gasteiger partial charge in [0.15, 0.2) is 0 Å². The molecule has 0 aromatic heterocycles. The summed E-state index contributed by atoms with van der Waals surface area (Å²) in [5.74, 6) is -3.97. The van der Waals surface area contributed by atoms with Crippen LogP contribution in [0, 0.1) is 11.8 Å². The highest BCUT2D eigenvalue weighted by atomic mass is 32.2. The first-order valence-corrected chi connectivity index (χ1v) is 15.2. The molecular formula is C31H39N3O7S. The number of benzene rings is 2. The van der Waals surface area contributed by atoms with Crippen molar-refractivity contribution in [2.45, 2.75) is 65.5 Å². The third kappa shape index (κ3) is 9.34. The number of hydrogen-bond donors (Lipinski definition) is 2. The molecule has 3 rings (SSSR count). The van der Waals surface area contributed by atoms with Gasteiger partial charge >= 0.3 is 12.1 Å². The summed E-state index contributed by atoms with van der Waals surface area (Å²) in [5, 5.41) is 5.51. The molecule has 3 amide bonds. The maximum atomic E-state index is 13.7. The van der Waals surface area contributed by atoms with Gasteiger partial charge in [-0.15, -0.1) is 11.8 Å². The number of ether oxygens (including phenoxy) is 2. The van der Waals surface area contributed by atoms with Gasteiger partial charge in [-0.3, -0.25) is 14.4 Å². The summed E-state index contributed by atoms with van der Waals surface area (Å²) in [6.45, 7) is 7.07. The molecular weight excluding hydrogens is 558 g/mol. The highest BCUT2D eigenvalue weighted by Gasteiger charge is 2.40. The van der Waals surface area contributed by atoms with Gasteiger partial charge in [0.2, 0.25) is 11.8 Å². The van der Waals surface area contributed by atoms with E-state index in [2.05, 4.69) is 10.6 Å². The number of rotatable bonds is 13. The molecule has 0 unspecified atom stereocenters. The van der Waals surface area contributed by atoms with E-state index in [1.165, 1.54) is 16.7 Å². The Bertz CT molecular complexity index is 1230. The van der Waals surface area contributed by atoms with E-state index in [-0.39, 0.29) is 30.7 Å². The van der Waals surface area contributed by atoms with Crippen LogP contribution in [-0.2, 0) is 41.7 Å². The van der Waals surface area contributed by atoms with Crippen molar-refractivity contribution in [3.63, 3.8) is 0 Å². The number of carbonyl (C=O) groups is 5. The largest absolute Gasteiger partial charge is 0.457 e. The SMILES string of the molecule is CC[C@H](C)[C@H](NC(=O)OCc1ccccc1)C(=O)N1CSC[C@@H]1NC(=O)[C@@H](Cc1ccccc1)C(=O)C(=O)OC(C)C. The Labute approximate surface area is 250 Å². The molecule has 0 bridgehead atoms. The Morgan fingerprint density at radius 3 is 2.17 bits per heavy atom. The van der Waals surface area contributed by atoms with Crippen molar-refractivity contribution in [2.75, 3.05) is 11.6 Å². The van der Waals surface area contributed by atoms with Crippen molar-refractivity contribution >= 4 is 41.4 Å². The van der Waals surface area contributed by atoms with Crippen molar-refractivity contribution < 1.29 is 33.4 Å². The van der Waals surface area contributed by atoms with Crippen LogP contribution in [0.1, 0.15) is 45.2 Å². The second kappa shape index (κ2) is 16.0. The number of ketones is 1. The van der Waals surface area contributed by atoms with E-state index >= 15 is 0 Å². The first-order chi connectivity index (χ1) is 20.1. The molecule has 1 fully saturated rings. The Morgan fingerprint density at radius 2 is 1.57 bits per heavy atom.